The fraction of sp³-hybridized carbons (Fsp3) is 0.308. The minimum absolute atomic E-state index is 0.0949. The number of esters is 1. The van der Waals surface area contributed by atoms with Gasteiger partial charge in [0.25, 0.3) is 0 Å². The summed E-state index contributed by atoms with van der Waals surface area (Å²) in [4.78, 5) is 21.7. The molecule has 0 unspecified atom stereocenters. The van der Waals surface area contributed by atoms with E-state index in [9.17, 15) is 4.79 Å². The highest BCUT2D eigenvalue weighted by molar-refractivity contribution is 9.10. The van der Waals surface area contributed by atoms with E-state index in [0.717, 1.165) is 9.86 Å². The molecule has 0 bridgehead atoms. The van der Waals surface area contributed by atoms with Crippen LogP contribution in [0.25, 0.3) is 10.9 Å². The number of halogens is 2. The second-order valence-electron chi connectivity index (χ2n) is 4.11. The van der Waals surface area contributed by atoms with E-state index in [4.69, 9.17) is 16.3 Å². The molecule has 2 aromatic rings. The van der Waals surface area contributed by atoms with Crippen molar-refractivity contribution in [1.29, 1.82) is 0 Å². The van der Waals surface area contributed by atoms with E-state index in [1.807, 2.05) is 18.2 Å². The van der Waals surface area contributed by atoms with Gasteiger partial charge in [-0.2, -0.15) is 4.98 Å². The van der Waals surface area contributed by atoms with E-state index in [1.165, 1.54) is 0 Å². The number of aromatic nitrogens is 2. The minimum atomic E-state index is -0.315. The van der Waals surface area contributed by atoms with Gasteiger partial charge in [0.2, 0.25) is 5.28 Å². The number of likely N-dealkylation sites (N-methyl/N-ethyl adjacent to an activating group) is 1. The zero-order valence-electron chi connectivity index (χ0n) is 11.1. The van der Waals surface area contributed by atoms with Crippen LogP contribution in [0.4, 0.5) is 5.82 Å². The molecule has 2 rings (SSSR count). The van der Waals surface area contributed by atoms with Gasteiger partial charge in [0.05, 0.1) is 17.5 Å². The number of anilines is 1. The van der Waals surface area contributed by atoms with E-state index in [2.05, 4.69) is 25.9 Å². The second-order valence-corrected chi connectivity index (χ2v) is 5.30. The van der Waals surface area contributed by atoms with Gasteiger partial charge in [-0.25, -0.2) is 4.98 Å². The highest BCUT2D eigenvalue weighted by Gasteiger charge is 2.16. The first-order valence-corrected chi connectivity index (χ1v) is 7.18. The van der Waals surface area contributed by atoms with Crippen molar-refractivity contribution in [3.63, 3.8) is 0 Å². The van der Waals surface area contributed by atoms with Crippen LogP contribution in [-0.4, -0.2) is 36.1 Å². The number of fused-ring (bicyclic) bond motifs is 1. The highest BCUT2D eigenvalue weighted by Crippen LogP contribution is 2.31. The fourth-order valence-electron chi connectivity index (χ4n) is 1.85. The van der Waals surface area contributed by atoms with Crippen molar-refractivity contribution in [2.75, 3.05) is 25.1 Å². The molecule has 0 amide bonds. The van der Waals surface area contributed by atoms with Gasteiger partial charge >= 0.3 is 5.97 Å². The number of hydrogen-bond donors (Lipinski definition) is 0. The maximum absolute atomic E-state index is 11.6. The van der Waals surface area contributed by atoms with Crippen LogP contribution in [0, 0.1) is 0 Å². The molecule has 0 radical (unpaired) electrons. The number of benzene rings is 1. The van der Waals surface area contributed by atoms with Crippen molar-refractivity contribution in [2.45, 2.75) is 6.92 Å². The Labute approximate surface area is 130 Å². The zero-order valence-corrected chi connectivity index (χ0v) is 13.4. The van der Waals surface area contributed by atoms with E-state index in [-0.39, 0.29) is 17.8 Å². The van der Waals surface area contributed by atoms with E-state index in [1.54, 1.807) is 18.9 Å². The van der Waals surface area contributed by atoms with Gasteiger partial charge in [0, 0.05) is 11.5 Å². The molecule has 0 aliphatic carbocycles. The van der Waals surface area contributed by atoms with Crippen molar-refractivity contribution in [2.24, 2.45) is 0 Å². The third-order valence-corrected chi connectivity index (χ3v) is 3.49. The maximum Gasteiger partial charge on any atom is 0.325 e. The Morgan fingerprint density at radius 2 is 2.20 bits per heavy atom. The highest BCUT2D eigenvalue weighted by atomic mass is 79.9. The molecular formula is C13H13BrClN3O2. The summed E-state index contributed by atoms with van der Waals surface area (Å²) in [5.41, 5.74) is 0.713. The minimum Gasteiger partial charge on any atom is -0.465 e. The van der Waals surface area contributed by atoms with Crippen LogP contribution >= 0.6 is 27.5 Å². The first-order valence-electron chi connectivity index (χ1n) is 6.01. The normalized spacial score (nSPS) is 10.6. The lowest BCUT2D eigenvalue weighted by molar-refractivity contribution is -0.141. The average molecular weight is 359 g/mol. The SMILES string of the molecule is CCOC(=O)CN(C)c1nc(Cl)nc2cccc(Br)c12. The lowest BCUT2D eigenvalue weighted by Crippen LogP contribution is -2.28. The standard InChI is InChI=1S/C13H13BrClN3O2/c1-3-20-10(19)7-18(2)12-11-8(14)5-4-6-9(11)16-13(15)17-12/h4-6H,3,7H2,1-2H3. The predicted molar refractivity (Wildman–Crippen MR) is 82.2 cm³/mol. The Morgan fingerprint density at radius 3 is 2.90 bits per heavy atom. The summed E-state index contributed by atoms with van der Waals surface area (Å²) in [7, 11) is 1.76. The van der Waals surface area contributed by atoms with Crippen molar-refractivity contribution in [3.8, 4) is 0 Å². The molecule has 0 N–H and O–H groups in total. The monoisotopic (exact) mass is 357 g/mol. The molecule has 106 valence electrons. The van der Waals surface area contributed by atoms with Crippen LogP contribution < -0.4 is 4.90 Å². The molecule has 0 spiro atoms. The molecule has 0 fully saturated rings. The van der Waals surface area contributed by atoms with Crippen molar-refractivity contribution >= 4 is 50.2 Å². The third-order valence-electron chi connectivity index (χ3n) is 2.66. The van der Waals surface area contributed by atoms with Gasteiger partial charge in [-0.05, 0) is 46.6 Å². The number of carbonyl (C=O) groups is 1. The molecule has 5 nitrogen and oxygen atoms in total. The predicted octanol–water partition coefficient (Wildman–Crippen LogP) is 3.05. The number of rotatable bonds is 4. The molecule has 0 atom stereocenters. The van der Waals surface area contributed by atoms with Gasteiger partial charge in [-0.3, -0.25) is 4.79 Å². The first-order chi connectivity index (χ1) is 9.52. The van der Waals surface area contributed by atoms with Crippen LogP contribution in [0.1, 0.15) is 6.92 Å². The Morgan fingerprint density at radius 1 is 1.45 bits per heavy atom. The molecular weight excluding hydrogens is 346 g/mol. The molecule has 1 heterocycles. The van der Waals surface area contributed by atoms with Crippen molar-refractivity contribution in [3.05, 3.63) is 28.0 Å². The van der Waals surface area contributed by atoms with Crippen LogP contribution in [0.15, 0.2) is 22.7 Å². The molecule has 0 saturated heterocycles. The summed E-state index contributed by atoms with van der Waals surface area (Å²) in [5, 5.41) is 0.949. The fourth-order valence-corrected chi connectivity index (χ4v) is 2.55. The van der Waals surface area contributed by atoms with Gasteiger partial charge in [0.1, 0.15) is 12.4 Å². The van der Waals surface area contributed by atoms with Crippen LogP contribution in [0.3, 0.4) is 0 Å². The zero-order chi connectivity index (χ0) is 14.7. The molecule has 1 aromatic heterocycles. The third kappa shape index (κ3) is 3.19. The average Bonchev–Trinajstić information content (AvgIpc) is 2.37. The lowest BCUT2D eigenvalue weighted by atomic mass is 10.2. The van der Waals surface area contributed by atoms with Gasteiger partial charge < -0.3 is 9.64 Å². The smallest absolute Gasteiger partial charge is 0.325 e. The quantitative estimate of drug-likeness (QED) is 0.621. The second kappa shape index (κ2) is 6.37. The lowest BCUT2D eigenvalue weighted by Gasteiger charge is -2.19. The van der Waals surface area contributed by atoms with Gasteiger partial charge in [-0.15, -0.1) is 0 Å². The Bertz CT molecular complexity index is 651. The summed E-state index contributed by atoms with van der Waals surface area (Å²) in [5.74, 6) is 0.269. The summed E-state index contributed by atoms with van der Waals surface area (Å²) in [6.07, 6.45) is 0. The topological polar surface area (TPSA) is 55.3 Å². The van der Waals surface area contributed by atoms with Crippen LogP contribution in [0.2, 0.25) is 5.28 Å². The number of nitrogens with zero attached hydrogens (tertiary/aromatic N) is 3. The molecule has 20 heavy (non-hydrogen) atoms. The summed E-state index contributed by atoms with van der Waals surface area (Å²) < 4.78 is 5.78. The molecule has 0 aliphatic rings. The summed E-state index contributed by atoms with van der Waals surface area (Å²) >= 11 is 9.41. The van der Waals surface area contributed by atoms with Gasteiger partial charge in [-0.1, -0.05) is 6.07 Å². The van der Waals surface area contributed by atoms with E-state index in [0.29, 0.717) is 17.9 Å². The Balaban J connectivity index is 2.45. The molecule has 1 aromatic carbocycles. The Kier molecular flexibility index (Phi) is 4.77. The van der Waals surface area contributed by atoms with Gasteiger partial charge in [0.15, 0.2) is 0 Å². The summed E-state index contributed by atoms with van der Waals surface area (Å²) in [6, 6.07) is 5.60. The number of hydrogen-bond acceptors (Lipinski definition) is 5. The summed E-state index contributed by atoms with van der Waals surface area (Å²) in [6.45, 7) is 2.21. The molecule has 0 aliphatic heterocycles. The van der Waals surface area contributed by atoms with E-state index < -0.39 is 0 Å². The number of carbonyl (C=O) groups excluding carboxylic acids is 1. The number of ether oxygens (including phenoxy) is 1. The first kappa shape index (κ1) is 15.0. The van der Waals surface area contributed by atoms with Crippen molar-refractivity contribution < 1.29 is 9.53 Å². The molecule has 0 saturated carbocycles. The maximum atomic E-state index is 11.6. The van der Waals surface area contributed by atoms with Crippen molar-refractivity contribution in [1.82, 2.24) is 9.97 Å². The van der Waals surface area contributed by atoms with E-state index >= 15 is 0 Å². The molecule has 7 heteroatoms. The Hall–Kier alpha value is -1.40. The largest absolute Gasteiger partial charge is 0.465 e. The van der Waals surface area contributed by atoms with Crippen LogP contribution in [0.5, 0.6) is 0 Å². The van der Waals surface area contributed by atoms with Crippen LogP contribution in [-0.2, 0) is 9.53 Å².